The van der Waals surface area contributed by atoms with Crippen LogP contribution in [0.2, 0.25) is 0 Å². The Morgan fingerprint density at radius 3 is 2.94 bits per heavy atom. The van der Waals surface area contributed by atoms with Crippen molar-refractivity contribution in [2.75, 3.05) is 0 Å². The zero-order chi connectivity index (χ0) is 13.0. The zero-order valence-electron chi connectivity index (χ0n) is 10.3. The summed E-state index contributed by atoms with van der Waals surface area (Å²) in [4.78, 5) is 26.8. The summed E-state index contributed by atoms with van der Waals surface area (Å²) in [7, 11) is 0. The molecule has 0 bridgehead atoms. The summed E-state index contributed by atoms with van der Waals surface area (Å²) >= 11 is 1.47. The molecule has 1 atom stereocenters. The Hall–Kier alpha value is -1.69. The molecule has 18 heavy (non-hydrogen) atoms. The third-order valence-corrected chi connectivity index (χ3v) is 3.43. The number of rotatable bonds is 4. The Kier molecular flexibility index (Phi) is 4.09. The maximum atomic E-state index is 11.5. The fourth-order valence-electron chi connectivity index (χ4n) is 1.47. The first-order valence-corrected chi connectivity index (χ1v) is 6.60. The normalized spacial score (nSPS) is 12.3. The molecule has 1 N–H and O–H groups in total. The first-order valence-electron chi connectivity index (χ1n) is 5.72. The quantitative estimate of drug-likeness (QED) is 0.673. The summed E-state index contributed by atoms with van der Waals surface area (Å²) in [5, 5.41) is 0.714. The predicted octanol–water partition coefficient (Wildman–Crippen LogP) is 1.98. The van der Waals surface area contributed by atoms with Crippen molar-refractivity contribution in [3.8, 4) is 0 Å². The minimum Gasteiger partial charge on any atom is -0.301 e. The molecule has 0 saturated carbocycles. The fourth-order valence-corrected chi connectivity index (χ4v) is 2.38. The molecule has 0 aliphatic heterocycles. The summed E-state index contributed by atoms with van der Waals surface area (Å²) in [6, 6.07) is 1.52. The van der Waals surface area contributed by atoms with Gasteiger partial charge in [-0.1, -0.05) is 18.7 Å². The number of thioether (sulfide) groups is 1. The van der Waals surface area contributed by atoms with Gasteiger partial charge in [-0.05, 0) is 13.3 Å². The van der Waals surface area contributed by atoms with Crippen LogP contribution in [-0.4, -0.2) is 19.9 Å². The second-order valence-corrected chi connectivity index (χ2v) is 5.12. The lowest BCUT2D eigenvalue weighted by atomic mass is 10.3. The Balaban J connectivity index is 2.19. The molecule has 0 radical (unpaired) electrons. The van der Waals surface area contributed by atoms with E-state index in [0.717, 1.165) is 17.8 Å². The van der Waals surface area contributed by atoms with Crippen LogP contribution in [0.5, 0.6) is 0 Å². The van der Waals surface area contributed by atoms with Gasteiger partial charge in [0.15, 0.2) is 5.16 Å². The molecule has 1 unspecified atom stereocenters. The van der Waals surface area contributed by atoms with E-state index < -0.39 is 0 Å². The minimum absolute atomic E-state index is 0.0916. The van der Waals surface area contributed by atoms with Gasteiger partial charge in [-0.15, -0.1) is 0 Å². The number of aromatic nitrogens is 4. The number of H-pyrrole nitrogens is 1. The van der Waals surface area contributed by atoms with E-state index in [9.17, 15) is 4.79 Å². The van der Waals surface area contributed by atoms with Gasteiger partial charge in [-0.25, -0.2) is 4.98 Å². The van der Waals surface area contributed by atoms with Gasteiger partial charge in [-0.3, -0.25) is 14.8 Å². The highest BCUT2D eigenvalue weighted by molar-refractivity contribution is 7.99. The highest BCUT2D eigenvalue weighted by atomic mass is 32.2. The Morgan fingerprint density at radius 2 is 2.28 bits per heavy atom. The molecule has 2 rings (SSSR count). The second-order valence-electron chi connectivity index (χ2n) is 3.79. The van der Waals surface area contributed by atoms with E-state index in [1.165, 1.54) is 17.8 Å². The average Bonchev–Trinajstić information content (AvgIpc) is 2.39. The molecule has 2 aromatic heterocycles. The van der Waals surface area contributed by atoms with Crippen molar-refractivity contribution in [2.24, 2.45) is 0 Å². The van der Waals surface area contributed by atoms with Crippen molar-refractivity contribution in [3.05, 3.63) is 46.4 Å². The van der Waals surface area contributed by atoms with Crippen molar-refractivity contribution >= 4 is 11.8 Å². The molecular weight excluding hydrogens is 248 g/mol. The van der Waals surface area contributed by atoms with Crippen molar-refractivity contribution in [1.82, 2.24) is 19.9 Å². The van der Waals surface area contributed by atoms with Gasteiger partial charge < -0.3 is 4.98 Å². The third-order valence-electron chi connectivity index (χ3n) is 2.42. The van der Waals surface area contributed by atoms with Gasteiger partial charge in [0.2, 0.25) is 0 Å². The van der Waals surface area contributed by atoms with Gasteiger partial charge in [0, 0.05) is 30.4 Å². The fraction of sp³-hybridized carbons (Fsp3) is 0.333. The van der Waals surface area contributed by atoms with E-state index >= 15 is 0 Å². The molecule has 2 heterocycles. The molecule has 0 spiro atoms. The van der Waals surface area contributed by atoms with Crippen LogP contribution in [0.15, 0.2) is 34.6 Å². The molecule has 6 heteroatoms. The van der Waals surface area contributed by atoms with E-state index in [0.29, 0.717) is 5.16 Å². The van der Waals surface area contributed by atoms with E-state index in [1.807, 2.05) is 13.8 Å². The smallest absolute Gasteiger partial charge is 0.251 e. The number of aryl methyl sites for hydroxylation is 1. The van der Waals surface area contributed by atoms with Crippen molar-refractivity contribution < 1.29 is 0 Å². The Bertz CT molecular complexity index is 570. The van der Waals surface area contributed by atoms with E-state index in [1.54, 1.807) is 18.6 Å². The average molecular weight is 262 g/mol. The molecule has 0 aliphatic rings. The SMILES string of the molecule is CCc1cc(=O)[nH]c(SC(C)c2cnccn2)n1. The maximum absolute atomic E-state index is 11.5. The number of nitrogens with zero attached hydrogens (tertiary/aromatic N) is 3. The van der Waals surface area contributed by atoms with Crippen LogP contribution >= 0.6 is 11.8 Å². The van der Waals surface area contributed by atoms with E-state index in [4.69, 9.17) is 0 Å². The van der Waals surface area contributed by atoms with Gasteiger partial charge in [0.1, 0.15) is 0 Å². The van der Waals surface area contributed by atoms with Crippen molar-refractivity contribution in [1.29, 1.82) is 0 Å². The summed E-state index contributed by atoms with van der Waals surface area (Å²) in [5.74, 6) is 0. The molecule has 0 amide bonds. The van der Waals surface area contributed by atoms with Crippen LogP contribution in [0.25, 0.3) is 0 Å². The molecule has 0 saturated heterocycles. The number of hydrogen-bond donors (Lipinski definition) is 1. The summed E-state index contributed by atoms with van der Waals surface area (Å²) in [5.41, 5.74) is 1.55. The standard InChI is InChI=1S/C12H14N4OS/c1-3-9-6-11(17)16-12(15-9)18-8(2)10-7-13-4-5-14-10/h4-8H,3H2,1-2H3,(H,15,16,17). The summed E-state index contributed by atoms with van der Waals surface area (Å²) < 4.78 is 0. The monoisotopic (exact) mass is 262 g/mol. The summed E-state index contributed by atoms with van der Waals surface area (Å²) in [6.07, 6.45) is 5.76. The molecule has 5 nitrogen and oxygen atoms in total. The topological polar surface area (TPSA) is 71.5 Å². The first kappa shape index (κ1) is 12.8. The second kappa shape index (κ2) is 5.77. The molecule has 0 aliphatic carbocycles. The van der Waals surface area contributed by atoms with Crippen LogP contribution in [0.4, 0.5) is 0 Å². The van der Waals surface area contributed by atoms with Gasteiger partial charge in [0.05, 0.1) is 10.9 Å². The maximum Gasteiger partial charge on any atom is 0.251 e. The van der Waals surface area contributed by atoms with Crippen LogP contribution in [0.1, 0.15) is 30.5 Å². The lowest BCUT2D eigenvalue weighted by Crippen LogP contribution is -2.10. The lowest BCUT2D eigenvalue weighted by Gasteiger charge is -2.09. The Morgan fingerprint density at radius 1 is 1.44 bits per heavy atom. The van der Waals surface area contributed by atoms with Crippen molar-refractivity contribution in [3.63, 3.8) is 0 Å². The largest absolute Gasteiger partial charge is 0.301 e. The predicted molar refractivity (Wildman–Crippen MR) is 70.5 cm³/mol. The third kappa shape index (κ3) is 3.16. The molecule has 0 fully saturated rings. The molecule has 94 valence electrons. The van der Waals surface area contributed by atoms with Gasteiger partial charge in [-0.2, -0.15) is 0 Å². The van der Waals surface area contributed by atoms with Crippen LogP contribution in [0.3, 0.4) is 0 Å². The molecule has 0 aromatic carbocycles. The number of hydrogen-bond acceptors (Lipinski definition) is 5. The highest BCUT2D eigenvalue weighted by Crippen LogP contribution is 2.30. The van der Waals surface area contributed by atoms with E-state index in [-0.39, 0.29) is 10.8 Å². The minimum atomic E-state index is -0.115. The summed E-state index contributed by atoms with van der Waals surface area (Å²) in [6.45, 7) is 3.98. The molecular formula is C12H14N4OS. The van der Waals surface area contributed by atoms with E-state index in [2.05, 4.69) is 19.9 Å². The molecule has 2 aromatic rings. The van der Waals surface area contributed by atoms with Crippen LogP contribution in [0, 0.1) is 0 Å². The van der Waals surface area contributed by atoms with Gasteiger partial charge in [0.25, 0.3) is 5.56 Å². The van der Waals surface area contributed by atoms with Gasteiger partial charge >= 0.3 is 0 Å². The number of nitrogens with one attached hydrogen (secondary N) is 1. The van der Waals surface area contributed by atoms with Crippen LogP contribution < -0.4 is 5.56 Å². The first-order chi connectivity index (χ1) is 8.69. The highest BCUT2D eigenvalue weighted by Gasteiger charge is 2.11. The lowest BCUT2D eigenvalue weighted by molar-refractivity contribution is 0.859. The van der Waals surface area contributed by atoms with Crippen molar-refractivity contribution in [2.45, 2.75) is 30.7 Å². The number of aromatic amines is 1. The van der Waals surface area contributed by atoms with Crippen LogP contribution in [-0.2, 0) is 6.42 Å². The zero-order valence-corrected chi connectivity index (χ0v) is 11.1. The Labute approximate surface area is 109 Å².